The maximum absolute atomic E-state index is 5.68. The van der Waals surface area contributed by atoms with Crippen LogP contribution in [0, 0.1) is 0 Å². The van der Waals surface area contributed by atoms with E-state index in [1.807, 2.05) is 5.38 Å². The van der Waals surface area contributed by atoms with Crippen molar-refractivity contribution in [3.05, 3.63) is 15.5 Å². The Morgan fingerprint density at radius 3 is 2.80 bits per heavy atom. The van der Waals surface area contributed by atoms with Crippen LogP contribution in [0.5, 0.6) is 0 Å². The molecule has 1 saturated carbocycles. The van der Waals surface area contributed by atoms with Crippen molar-refractivity contribution in [1.82, 2.24) is 4.98 Å². The van der Waals surface area contributed by atoms with Gasteiger partial charge in [-0.25, -0.2) is 4.98 Å². The molecule has 1 nitrogen and oxygen atoms in total. The van der Waals surface area contributed by atoms with E-state index in [2.05, 4.69) is 4.98 Å². The first kappa shape index (κ1) is 6.62. The van der Waals surface area contributed by atoms with Gasteiger partial charge in [-0.2, -0.15) is 0 Å². The number of hydrogen-bond donors (Lipinski definition) is 0. The molecule has 1 heterocycles. The Bertz CT molecular complexity index is 229. The highest BCUT2D eigenvalue weighted by Crippen LogP contribution is 2.38. The van der Waals surface area contributed by atoms with Crippen LogP contribution in [-0.2, 0) is 0 Å². The average molecular weight is 174 g/mol. The van der Waals surface area contributed by atoms with Gasteiger partial charge in [-0.05, 0) is 12.8 Å². The third-order valence-electron chi connectivity index (χ3n) is 1.95. The monoisotopic (exact) mass is 173 g/mol. The number of halogens is 1. The minimum absolute atomic E-state index is 0.659. The standard InChI is InChI=1S/C7H8ClNS/c8-6-4-10-7(9-6)5-2-1-3-5/h4-5H,1-3H2. The van der Waals surface area contributed by atoms with E-state index in [9.17, 15) is 0 Å². The van der Waals surface area contributed by atoms with Crippen LogP contribution in [0.3, 0.4) is 0 Å². The predicted molar refractivity (Wildman–Crippen MR) is 43.7 cm³/mol. The van der Waals surface area contributed by atoms with Gasteiger partial charge in [0.15, 0.2) is 0 Å². The van der Waals surface area contributed by atoms with Gasteiger partial charge in [-0.15, -0.1) is 11.3 Å². The molecule has 0 aliphatic heterocycles. The highest BCUT2D eigenvalue weighted by Gasteiger charge is 2.21. The van der Waals surface area contributed by atoms with Gasteiger partial charge < -0.3 is 0 Å². The van der Waals surface area contributed by atoms with Crippen molar-refractivity contribution in [2.75, 3.05) is 0 Å². The van der Waals surface area contributed by atoms with E-state index >= 15 is 0 Å². The van der Waals surface area contributed by atoms with E-state index in [0.29, 0.717) is 5.15 Å². The zero-order chi connectivity index (χ0) is 6.97. The molecule has 1 aliphatic carbocycles. The fraction of sp³-hybridized carbons (Fsp3) is 0.571. The zero-order valence-corrected chi connectivity index (χ0v) is 7.08. The van der Waals surface area contributed by atoms with Gasteiger partial charge in [0.05, 0.1) is 5.01 Å². The number of hydrogen-bond acceptors (Lipinski definition) is 2. The van der Waals surface area contributed by atoms with Crippen LogP contribution in [-0.4, -0.2) is 4.98 Å². The van der Waals surface area contributed by atoms with Crippen LogP contribution in [0.4, 0.5) is 0 Å². The van der Waals surface area contributed by atoms with Crippen LogP contribution in [0.1, 0.15) is 30.2 Å². The molecule has 0 bridgehead atoms. The van der Waals surface area contributed by atoms with Crippen molar-refractivity contribution in [3.63, 3.8) is 0 Å². The molecule has 1 aliphatic rings. The van der Waals surface area contributed by atoms with Gasteiger partial charge in [0.2, 0.25) is 0 Å². The van der Waals surface area contributed by atoms with E-state index in [-0.39, 0.29) is 0 Å². The molecule has 0 spiro atoms. The number of rotatable bonds is 1. The molecule has 3 heteroatoms. The minimum atomic E-state index is 0.659. The van der Waals surface area contributed by atoms with Gasteiger partial charge >= 0.3 is 0 Å². The molecule has 0 aromatic carbocycles. The van der Waals surface area contributed by atoms with Crippen LogP contribution >= 0.6 is 22.9 Å². The minimum Gasteiger partial charge on any atom is -0.229 e. The largest absolute Gasteiger partial charge is 0.229 e. The van der Waals surface area contributed by atoms with Crippen molar-refractivity contribution in [2.24, 2.45) is 0 Å². The van der Waals surface area contributed by atoms with Crippen molar-refractivity contribution < 1.29 is 0 Å². The summed E-state index contributed by atoms with van der Waals surface area (Å²) in [5, 5.41) is 3.80. The lowest BCUT2D eigenvalue weighted by atomic mass is 9.86. The second-order valence-corrected chi connectivity index (χ2v) is 3.91. The number of nitrogens with zero attached hydrogens (tertiary/aromatic N) is 1. The summed E-state index contributed by atoms with van der Waals surface area (Å²) >= 11 is 7.38. The lowest BCUT2D eigenvalue weighted by molar-refractivity contribution is 0.418. The van der Waals surface area contributed by atoms with E-state index in [0.717, 1.165) is 5.92 Å². The third-order valence-corrected chi connectivity index (χ3v) is 3.28. The van der Waals surface area contributed by atoms with Crippen LogP contribution < -0.4 is 0 Å². The Hall–Kier alpha value is -0.0800. The molecule has 54 valence electrons. The Morgan fingerprint density at radius 1 is 1.60 bits per heavy atom. The van der Waals surface area contributed by atoms with Crippen molar-refractivity contribution in [2.45, 2.75) is 25.2 Å². The quantitative estimate of drug-likeness (QED) is 0.636. The fourth-order valence-corrected chi connectivity index (χ4v) is 2.23. The Kier molecular flexibility index (Phi) is 1.66. The SMILES string of the molecule is Clc1csc(C2CCC2)n1. The predicted octanol–water partition coefficient (Wildman–Crippen LogP) is 3.06. The van der Waals surface area contributed by atoms with Crippen molar-refractivity contribution >= 4 is 22.9 Å². The first-order chi connectivity index (χ1) is 4.86. The Morgan fingerprint density at radius 2 is 2.40 bits per heavy atom. The lowest BCUT2D eigenvalue weighted by Gasteiger charge is -2.22. The lowest BCUT2D eigenvalue weighted by Crippen LogP contribution is -2.07. The van der Waals surface area contributed by atoms with E-state index in [1.165, 1.54) is 24.3 Å². The molecule has 1 aromatic rings. The number of aromatic nitrogens is 1. The maximum atomic E-state index is 5.68. The van der Waals surface area contributed by atoms with Crippen LogP contribution in [0.2, 0.25) is 5.15 Å². The van der Waals surface area contributed by atoms with Gasteiger partial charge in [-0.3, -0.25) is 0 Å². The highest BCUT2D eigenvalue weighted by molar-refractivity contribution is 7.10. The van der Waals surface area contributed by atoms with E-state index in [1.54, 1.807) is 11.3 Å². The smallest absolute Gasteiger partial charge is 0.140 e. The molecular weight excluding hydrogens is 166 g/mol. The summed E-state index contributed by atoms with van der Waals surface area (Å²) in [6.07, 6.45) is 3.98. The molecule has 0 N–H and O–H groups in total. The van der Waals surface area contributed by atoms with Gasteiger partial charge in [0, 0.05) is 11.3 Å². The second kappa shape index (κ2) is 2.51. The fourth-order valence-electron chi connectivity index (χ4n) is 1.11. The molecule has 0 saturated heterocycles. The summed E-state index contributed by atoms with van der Waals surface area (Å²) in [6.45, 7) is 0. The maximum Gasteiger partial charge on any atom is 0.140 e. The second-order valence-electron chi connectivity index (χ2n) is 2.64. The van der Waals surface area contributed by atoms with Crippen LogP contribution in [0.15, 0.2) is 5.38 Å². The summed E-state index contributed by atoms with van der Waals surface area (Å²) in [5.74, 6) is 0.734. The molecule has 1 aromatic heterocycles. The average Bonchev–Trinajstić information content (AvgIpc) is 2.10. The summed E-state index contributed by atoms with van der Waals surface area (Å²) in [5.41, 5.74) is 0. The molecule has 1 fully saturated rings. The zero-order valence-electron chi connectivity index (χ0n) is 5.51. The van der Waals surface area contributed by atoms with Crippen molar-refractivity contribution in [3.8, 4) is 0 Å². The van der Waals surface area contributed by atoms with E-state index < -0.39 is 0 Å². The van der Waals surface area contributed by atoms with Crippen molar-refractivity contribution in [1.29, 1.82) is 0 Å². The first-order valence-corrected chi connectivity index (χ1v) is 4.73. The Labute approximate surface area is 69.0 Å². The summed E-state index contributed by atoms with van der Waals surface area (Å²) in [7, 11) is 0. The Balaban J connectivity index is 2.17. The summed E-state index contributed by atoms with van der Waals surface area (Å²) in [6, 6.07) is 0. The van der Waals surface area contributed by atoms with Crippen LogP contribution in [0.25, 0.3) is 0 Å². The molecular formula is C7H8ClNS. The topological polar surface area (TPSA) is 12.9 Å². The molecule has 10 heavy (non-hydrogen) atoms. The highest BCUT2D eigenvalue weighted by atomic mass is 35.5. The van der Waals surface area contributed by atoms with Gasteiger partial charge in [-0.1, -0.05) is 18.0 Å². The number of thiazole rings is 1. The molecule has 0 radical (unpaired) electrons. The molecule has 0 unspecified atom stereocenters. The molecule has 0 amide bonds. The summed E-state index contributed by atoms with van der Waals surface area (Å²) in [4.78, 5) is 4.22. The molecule has 2 rings (SSSR count). The molecule has 0 atom stereocenters. The summed E-state index contributed by atoms with van der Waals surface area (Å²) < 4.78 is 0. The normalized spacial score (nSPS) is 18.9. The first-order valence-electron chi connectivity index (χ1n) is 3.47. The third kappa shape index (κ3) is 1.06. The van der Waals surface area contributed by atoms with Gasteiger partial charge in [0.1, 0.15) is 5.15 Å². The van der Waals surface area contributed by atoms with Gasteiger partial charge in [0.25, 0.3) is 0 Å². The van der Waals surface area contributed by atoms with E-state index in [4.69, 9.17) is 11.6 Å².